The summed E-state index contributed by atoms with van der Waals surface area (Å²) in [6, 6.07) is 0. The van der Waals surface area contributed by atoms with Gasteiger partial charge < -0.3 is 15.8 Å². The number of halogens is 2. The van der Waals surface area contributed by atoms with Crippen molar-refractivity contribution in [2.24, 2.45) is 0 Å². The van der Waals surface area contributed by atoms with Gasteiger partial charge in [0.05, 0.1) is 0 Å². The molecule has 0 aliphatic heterocycles. The van der Waals surface area contributed by atoms with E-state index < -0.39 is 29.0 Å². The van der Waals surface area contributed by atoms with E-state index in [1.807, 2.05) is 4.98 Å². The molecule has 1 rings (SSSR count). The second-order valence-electron chi connectivity index (χ2n) is 2.13. The highest BCUT2D eigenvalue weighted by Gasteiger charge is 2.15. The van der Waals surface area contributed by atoms with Gasteiger partial charge in [-0.3, -0.25) is 4.79 Å². The maximum Gasteiger partial charge on any atom is 0.280 e. The average Bonchev–Trinajstić information content (AvgIpc) is 2.00. The number of nitrogens with two attached hydrogens (primary N) is 1. The normalized spacial score (nSPS) is 10.6. The number of nitrogens with one attached hydrogen (secondary N) is 1. The number of alkyl halides is 2. The van der Waals surface area contributed by atoms with Crippen LogP contribution in [-0.4, -0.2) is 10.1 Å². The number of rotatable bonds is 1. The molecule has 12 heavy (non-hydrogen) atoms. The third-order valence-corrected chi connectivity index (χ3v) is 1.35. The summed E-state index contributed by atoms with van der Waals surface area (Å²) in [7, 11) is 0. The zero-order valence-electron chi connectivity index (χ0n) is 5.84. The van der Waals surface area contributed by atoms with Crippen LogP contribution in [0.4, 0.5) is 14.5 Å². The topological polar surface area (TPSA) is 79.1 Å². The Hall–Kier alpha value is -1.59. The number of anilines is 1. The van der Waals surface area contributed by atoms with Gasteiger partial charge >= 0.3 is 0 Å². The lowest BCUT2D eigenvalue weighted by Crippen LogP contribution is -2.12. The van der Waals surface area contributed by atoms with Crippen LogP contribution in [0.1, 0.15) is 12.1 Å². The van der Waals surface area contributed by atoms with Gasteiger partial charge in [0.25, 0.3) is 6.43 Å². The monoisotopic (exact) mass is 176 g/mol. The number of pyridine rings is 1. The molecule has 0 amide bonds. The zero-order chi connectivity index (χ0) is 9.30. The second-order valence-corrected chi connectivity index (χ2v) is 2.13. The Bertz CT molecular complexity index is 348. The van der Waals surface area contributed by atoms with Crippen LogP contribution in [0.3, 0.4) is 0 Å². The van der Waals surface area contributed by atoms with Crippen LogP contribution < -0.4 is 11.2 Å². The van der Waals surface area contributed by atoms with Gasteiger partial charge in [0.15, 0.2) is 5.75 Å². The molecule has 0 unspecified atom stereocenters. The Morgan fingerprint density at radius 1 is 1.58 bits per heavy atom. The molecule has 4 N–H and O–H groups in total. The minimum absolute atomic E-state index is 0.648. The highest BCUT2D eigenvalue weighted by Crippen LogP contribution is 2.20. The first-order valence-electron chi connectivity index (χ1n) is 3.02. The number of aromatic amines is 1. The van der Waals surface area contributed by atoms with Crippen LogP contribution in [0, 0.1) is 0 Å². The molecular weight excluding hydrogens is 170 g/mol. The molecule has 0 bridgehead atoms. The zero-order valence-corrected chi connectivity index (χ0v) is 5.84. The minimum atomic E-state index is -2.85. The fourth-order valence-corrected chi connectivity index (χ4v) is 0.730. The maximum atomic E-state index is 12.0. The molecule has 0 radical (unpaired) electrons. The van der Waals surface area contributed by atoms with Crippen LogP contribution in [0.25, 0.3) is 0 Å². The van der Waals surface area contributed by atoms with E-state index in [1.54, 1.807) is 0 Å². The molecule has 0 fully saturated rings. The van der Waals surface area contributed by atoms with Crippen molar-refractivity contribution in [1.29, 1.82) is 0 Å². The number of hydrogen-bond acceptors (Lipinski definition) is 3. The molecule has 0 aliphatic rings. The number of hydrogen-bond donors (Lipinski definition) is 3. The lowest BCUT2D eigenvalue weighted by molar-refractivity contribution is 0.147. The summed E-state index contributed by atoms with van der Waals surface area (Å²) in [5.74, 6) is -0.670. The molecule has 0 saturated heterocycles. The van der Waals surface area contributed by atoms with Gasteiger partial charge in [-0.1, -0.05) is 0 Å². The lowest BCUT2D eigenvalue weighted by Gasteiger charge is -2.02. The second kappa shape index (κ2) is 2.80. The van der Waals surface area contributed by atoms with Gasteiger partial charge in [-0.05, 0) is 0 Å². The molecule has 0 atom stereocenters. The third kappa shape index (κ3) is 1.23. The van der Waals surface area contributed by atoms with Gasteiger partial charge in [0.2, 0.25) is 5.43 Å². The molecular formula is C6H6F2N2O2. The summed E-state index contributed by atoms with van der Waals surface area (Å²) in [6.07, 6.45) is -2.07. The highest BCUT2D eigenvalue weighted by molar-refractivity contribution is 5.47. The summed E-state index contributed by atoms with van der Waals surface area (Å²) >= 11 is 0. The molecule has 6 heteroatoms. The Kier molecular flexibility index (Phi) is 1.99. The molecule has 1 aromatic heterocycles. The fourth-order valence-electron chi connectivity index (χ4n) is 0.730. The van der Waals surface area contributed by atoms with Gasteiger partial charge in [-0.2, -0.15) is 0 Å². The van der Waals surface area contributed by atoms with E-state index >= 15 is 0 Å². The van der Waals surface area contributed by atoms with Crippen molar-refractivity contribution in [3.05, 3.63) is 22.1 Å². The van der Waals surface area contributed by atoms with Crippen LogP contribution in [0.15, 0.2) is 11.0 Å². The Labute approximate surface area is 65.6 Å². The van der Waals surface area contributed by atoms with Crippen LogP contribution in [0.2, 0.25) is 0 Å². The molecule has 0 aliphatic carbocycles. The molecule has 0 spiro atoms. The van der Waals surface area contributed by atoms with E-state index in [4.69, 9.17) is 10.8 Å². The van der Waals surface area contributed by atoms with Crippen LogP contribution >= 0.6 is 0 Å². The van der Waals surface area contributed by atoms with Crippen molar-refractivity contribution in [2.75, 3.05) is 5.73 Å². The highest BCUT2D eigenvalue weighted by atomic mass is 19.3. The smallest absolute Gasteiger partial charge is 0.280 e. The van der Waals surface area contributed by atoms with Crippen LogP contribution in [-0.2, 0) is 0 Å². The predicted molar refractivity (Wildman–Crippen MR) is 38.1 cm³/mol. The molecule has 1 heterocycles. The lowest BCUT2D eigenvalue weighted by atomic mass is 10.3. The molecule has 66 valence electrons. The first-order chi connectivity index (χ1) is 5.54. The van der Waals surface area contributed by atoms with Crippen LogP contribution in [0.5, 0.6) is 5.75 Å². The van der Waals surface area contributed by atoms with E-state index in [9.17, 15) is 13.6 Å². The van der Waals surface area contributed by atoms with E-state index in [0.29, 0.717) is 0 Å². The van der Waals surface area contributed by atoms with Crippen molar-refractivity contribution in [3.63, 3.8) is 0 Å². The number of H-pyrrole nitrogens is 1. The quantitative estimate of drug-likeness (QED) is 0.586. The van der Waals surface area contributed by atoms with E-state index in [2.05, 4.69) is 0 Å². The van der Waals surface area contributed by atoms with Gasteiger partial charge in [0, 0.05) is 6.20 Å². The van der Waals surface area contributed by atoms with Gasteiger partial charge in [0.1, 0.15) is 11.4 Å². The largest absolute Gasteiger partial charge is 0.503 e. The van der Waals surface area contributed by atoms with E-state index in [0.717, 1.165) is 6.20 Å². The fraction of sp³-hybridized carbons (Fsp3) is 0.167. The van der Waals surface area contributed by atoms with Crippen molar-refractivity contribution >= 4 is 5.69 Å². The Morgan fingerprint density at radius 3 is 2.67 bits per heavy atom. The summed E-state index contributed by atoms with van der Waals surface area (Å²) in [6.45, 7) is 0. The SMILES string of the molecule is Nc1c(C(F)F)[nH]cc(O)c1=O. The van der Waals surface area contributed by atoms with Crippen molar-refractivity contribution in [3.8, 4) is 5.75 Å². The van der Waals surface area contributed by atoms with Crippen molar-refractivity contribution in [1.82, 2.24) is 4.98 Å². The van der Waals surface area contributed by atoms with E-state index in [-0.39, 0.29) is 0 Å². The number of aromatic hydroxyl groups is 1. The first kappa shape index (κ1) is 8.51. The standard InChI is InChI=1S/C6H6F2N2O2/c7-6(8)4-3(9)5(12)2(11)1-10-4/h1,6,11H,9H2,(H,10,12). The summed E-state index contributed by atoms with van der Waals surface area (Å²) in [4.78, 5) is 12.8. The minimum Gasteiger partial charge on any atom is -0.503 e. The summed E-state index contributed by atoms with van der Waals surface area (Å²) in [5, 5.41) is 8.74. The third-order valence-electron chi connectivity index (χ3n) is 1.35. The number of nitrogen functional groups attached to an aromatic ring is 1. The first-order valence-corrected chi connectivity index (χ1v) is 3.02. The Morgan fingerprint density at radius 2 is 2.17 bits per heavy atom. The van der Waals surface area contributed by atoms with E-state index in [1.165, 1.54) is 0 Å². The average molecular weight is 176 g/mol. The molecule has 0 saturated carbocycles. The number of aromatic nitrogens is 1. The Balaban J connectivity index is 3.37. The summed E-state index contributed by atoms with van der Waals surface area (Å²) < 4.78 is 24.0. The maximum absolute atomic E-state index is 12.0. The van der Waals surface area contributed by atoms with Gasteiger partial charge in [-0.25, -0.2) is 8.78 Å². The molecule has 0 aromatic carbocycles. The molecule has 1 aromatic rings. The summed E-state index contributed by atoms with van der Waals surface area (Å²) in [5.41, 5.74) is 2.70. The predicted octanol–water partition coefficient (Wildman–Crippen LogP) is 0.600. The van der Waals surface area contributed by atoms with Gasteiger partial charge in [-0.15, -0.1) is 0 Å². The molecule has 4 nitrogen and oxygen atoms in total. The van der Waals surface area contributed by atoms with Crippen molar-refractivity contribution in [2.45, 2.75) is 6.43 Å². The van der Waals surface area contributed by atoms with Crippen molar-refractivity contribution < 1.29 is 13.9 Å².